The lowest BCUT2D eigenvalue weighted by Crippen LogP contribution is -2.39. The standard InChI is InChI=1S/C18H24N4O5S/c1-4-6-9-21(5-2)28(24,25)14-7-8-16-15(10-14)22(18(23)12-26-16)11-17-19-13(3)27-20-17/h7-8,10H,4-6,9,11-12H2,1-3H3. The molecule has 2 aromatic rings. The van der Waals surface area contributed by atoms with Gasteiger partial charge in [0.2, 0.25) is 15.9 Å². The average Bonchev–Trinajstić information content (AvgIpc) is 3.09. The number of amides is 1. The van der Waals surface area contributed by atoms with E-state index in [0.29, 0.717) is 36.2 Å². The van der Waals surface area contributed by atoms with Crippen molar-refractivity contribution >= 4 is 21.6 Å². The molecule has 1 aromatic carbocycles. The third-order valence-corrected chi connectivity index (χ3v) is 6.46. The lowest BCUT2D eigenvalue weighted by Gasteiger charge is -2.29. The fourth-order valence-electron chi connectivity index (χ4n) is 2.99. The molecule has 152 valence electrons. The topological polar surface area (TPSA) is 106 Å². The first-order chi connectivity index (χ1) is 13.4. The van der Waals surface area contributed by atoms with Crippen molar-refractivity contribution in [3.05, 3.63) is 29.9 Å². The predicted molar refractivity (Wildman–Crippen MR) is 102 cm³/mol. The van der Waals surface area contributed by atoms with Crippen LogP contribution in [0.1, 0.15) is 38.4 Å². The number of unbranched alkanes of at least 4 members (excludes halogenated alkanes) is 1. The molecule has 10 heteroatoms. The van der Waals surface area contributed by atoms with E-state index in [9.17, 15) is 13.2 Å². The molecule has 3 rings (SSSR count). The number of ether oxygens (including phenoxy) is 1. The maximum absolute atomic E-state index is 13.0. The molecular weight excluding hydrogens is 384 g/mol. The Morgan fingerprint density at radius 1 is 1.29 bits per heavy atom. The number of fused-ring (bicyclic) bond motifs is 1. The molecule has 0 fully saturated rings. The zero-order valence-corrected chi connectivity index (χ0v) is 17.0. The molecule has 0 unspecified atom stereocenters. The minimum absolute atomic E-state index is 0.0728. The highest BCUT2D eigenvalue weighted by Crippen LogP contribution is 2.35. The third-order valence-electron chi connectivity index (χ3n) is 4.49. The number of aryl methyl sites for hydroxylation is 1. The Labute approximate surface area is 164 Å². The van der Waals surface area contributed by atoms with Gasteiger partial charge in [-0.25, -0.2) is 8.42 Å². The molecule has 0 bridgehead atoms. The number of aromatic nitrogens is 2. The SMILES string of the molecule is CCCCN(CC)S(=O)(=O)c1ccc2c(c1)N(Cc1noc(C)n1)C(=O)CO2. The minimum atomic E-state index is -3.68. The second kappa shape index (κ2) is 8.27. The molecule has 9 nitrogen and oxygen atoms in total. The van der Waals surface area contributed by atoms with E-state index in [4.69, 9.17) is 9.26 Å². The molecule has 28 heavy (non-hydrogen) atoms. The summed E-state index contributed by atoms with van der Waals surface area (Å²) < 4.78 is 38.0. The first-order valence-electron chi connectivity index (χ1n) is 9.23. The van der Waals surface area contributed by atoms with E-state index in [2.05, 4.69) is 10.1 Å². The Morgan fingerprint density at radius 3 is 2.71 bits per heavy atom. The summed E-state index contributed by atoms with van der Waals surface area (Å²) in [5, 5.41) is 3.82. The van der Waals surface area contributed by atoms with E-state index in [1.165, 1.54) is 21.3 Å². The molecule has 0 aliphatic carbocycles. The molecule has 2 heterocycles. The molecule has 1 amide bonds. The van der Waals surface area contributed by atoms with E-state index in [1.807, 2.05) is 13.8 Å². The van der Waals surface area contributed by atoms with Crippen LogP contribution in [-0.4, -0.2) is 48.5 Å². The van der Waals surface area contributed by atoms with Gasteiger partial charge in [0.1, 0.15) is 5.75 Å². The van der Waals surface area contributed by atoms with E-state index in [0.717, 1.165) is 12.8 Å². The van der Waals surface area contributed by atoms with Crippen LogP contribution < -0.4 is 9.64 Å². The van der Waals surface area contributed by atoms with Gasteiger partial charge >= 0.3 is 0 Å². The van der Waals surface area contributed by atoms with Crippen molar-refractivity contribution < 1.29 is 22.5 Å². The van der Waals surface area contributed by atoms with Crippen molar-refractivity contribution in [1.82, 2.24) is 14.4 Å². The van der Waals surface area contributed by atoms with Crippen LogP contribution in [0, 0.1) is 6.92 Å². The second-order valence-corrected chi connectivity index (χ2v) is 8.42. The number of hydrogen-bond donors (Lipinski definition) is 0. The molecule has 1 aromatic heterocycles. The number of carbonyl (C=O) groups excluding carboxylic acids is 1. The van der Waals surface area contributed by atoms with Gasteiger partial charge in [-0.15, -0.1) is 0 Å². The van der Waals surface area contributed by atoms with Gasteiger partial charge in [0, 0.05) is 20.0 Å². The Morgan fingerprint density at radius 2 is 2.07 bits per heavy atom. The van der Waals surface area contributed by atoms with E-state index < -0.39 is 10.0 Å². The van der Waals surface area contributed by atoms with Crippen molar-refractivity contribution in [3.63, 3.8) is 0 Å². The summed E-state index contributed by atoms with van der Waals surface area (Å²) in [7, 11) is -3.68. The fraction of sp³-hybridized carbons (Fsp3) is 0.500. The Kier molecular flexibility index (Phi) is 5.99. The van der Waals surface area contributed by atoms with Crippen LogP contribution in [-0.2, 0) is 21.4 Å². The molecule has 0 N–H and O–H groups in total. The lowest BCUT2D eigenvalue weighted by molar-refractivity contribution is -0.121. The summed E-state index contributed by atoms with van der Waals surface area (Å²) in [6, 6.07) is 4.56. The van der Waals surface area contributed by atoms with Crippen LogP contribution in [0.4, 0.5) is 5.69 Å². The molecule has 0 saturated heterocycles. The highest BCUT2D eigenvalue weighted by atomic mass is 32.2. The average molecular weight is 408 g/mol. The largest absolute Gasteiger partial charge is 0.482 e. The monoisotopic (exact) mass is 408 g/mol. The maximum Gasteiger partial charge on any atom is 0.265 e. The smallest absolute Gasteiger partial charge is 0.265 e. The van der Waals surface area contributed by atoms with Gasteiger partial charge in [-0.2, -0.15) is 9.29 Å². The van der Waals surface area contributed by atoms with Crippen molar-refractivity contribution in [3.8, 4) is 5.75 Å². The van der Waals surface area contributed by atoms with E-state index in [-0.39, 0.29) is 24.0 Å². The Bertz CT molecular complexity index is 957. The Hall–Kier alpha value is -2.46. The first-order valence-corrected chi connectivity index (χ1v) is 10.7. The number of anilines is 1. The fourth-order valence-corrected chi connectivity index (χ4v) is 4.50. The van der Waals surface area contributed by atoms with Gasteiger partial charge in [0.15, 0.2) is 12.4 Å². The van der Waals surface area contributed by atoms with Crippen LogP contribution in [0.15, 0.2) is 27.6 Å². The first kappa shape index (κ1) is 20.3. The van der Waals surface area contributed by atoms with Gasteiger partial charge in [-0.1, -0.05) is 25.4 Å². The van der Waals surface area contributed by atoms with Gasteiger partial charge in [-0.05, 0) is 24.6 Å². The zero-order valence-electron chi connectivity index (χ0n) is 16.2. The van der Waals surface area contributed by atoms with Gasteiger partial charge in [-0.3, -0.25) is 9.69 Å². The number of sulfonamides is 1. The van der Waals surface area contributed by atoms with Crippen LogP contribution in [0.5, 0.6) is 5.75 Å². The van der Waals surface area contributed by atoms with Crippen LogP contribution in [0.3, 0.4) is 0 Å². The molecule has 1 aliphatic heterocycles. The highest BCUT2D eigenvalue weighted by Gasteiger charge is 2.30. The van der Waals surface area contributed by atoms with E-state index in [1.54, 1.807) is 13.0 Å². The molecule has 0 atom stereocenters. The molecule has 0 spiro atoms. The summed E-state index contributed by atoms with van der Waals surface area (Å²) in [6.45, 7) is 6.25. The predicted octanol–water partition coefficient (Wildman–Crippen LogP) is 2.11. The minimum Gasteiger partial charge on any atom is -0.482 e. The van der Waals surface area contributed by atoms with Crippen molar-refractivity contribution in [2.45, 2.75) is 45.1 Å². The molecular formula is C18H24N4O5S. The third kappa shape index (κ3) is 4.02. The number of rotatable bonds is 8. The normalized spacial score (nSPS) is 14.3. The highest BCUT2D eigenvalue weighted by molar-refractivity contribution is 7.89. The quantitative estimate of drug-likeness (QED) is 0.658. The zero-order chi connectivity index (χ0) is 20.3. The number of hydrogen-bond acceptors (Lipinski definition) is 7. The van der Waals surface area contributed by atoms with Crippen molar-refractivity contribution in [2.75, 3.05) is 24.6 Å². The van der Waals surface area contributed by atoms with Crippen LogP contribution in [0.2, 0.25) is 0 Å². The van der Waals surface area contributed by atoms with Crippen molar-refractivity contribution in [1.29, 1.82) is 0 Å². The van der Waals surface area contributed by atoms with Crippen LogP contribution >= 0.6 is 0 Å². The number of benzene rings is 1. The van der Waals surface area contributed by atoms with Gasteiger partial charge in [0.25, 0.3) is 5.91 Å². The van der Waals surface area contributed by atoms with Crippen molar-refractivity contribution in [2.24, 2.45) is 0 Å². The summed E-state index contributed by atoms with van der Waals surface area (Å²) in [4.78, 5) is 18.1. The second-order valence-electron chi connectivity index (χ2n) is 6.48. The summed E-state index contributed by atoms with van der Waals surface area (Å²) in [5.41, 5.74) is 0.381. The number of nitrogens with zero attached hydrogens (tertiary/aromatic N) is 4. The summed E-state index contributed by atoms with van der Waals surface area (Å²) in [5.74, 6) is 0.866. The number of carbonyl (C=O) groups is 1. The molecule has 0 radical (unpaired) electrons. The van der Waals surface area contributed by atoms with Gasteiger partial charge < -0.3 is 9.26 Å². The molecule has 1 aliphatic rings. The maximum atomic E-state index is 13.0. The van der Waals surface area contributed by atoms with E-state index >= 15 is 0 Å². The summed E-state index contributed by atoms with van der Waals surface area (Å²) in [6.07, 6.45) is 1.68. The van der Waals surface area contributed by atoms with Gasteiger partial charge in [0.05, 0.1) is 17.1 Å². The molecule has 0 saturated carbocycles. The Balaban J connectivity index is 1.96. The lowest BCUT2D eigenvalue weighted by atomic mass is 10.2. The summed E-state index contributed by atoms with van der Waals surface area (Å²) >= 11 is 0. The van der Waals surface area contributed by atoms with Crippen LogP contribution in [0.25, 0.3) is 0 Å².